The summed E-state index contributed by atoms with van der Waals surface area (Å²) >= 11 is 0. The fraction of sp³-hybridized carbons (Fsp3) is 0.600. The Morgan fingerprint density at radius 2 is 2.05 bits per heavy atom. The number of nitro benzene ring substituents is 1. The third kappa shape index (κ3) is 4.28. The number of hydrogen-bond acceptors (Lipinski definition) is 4. The Morgan fingerprint density at radius 1 is 1.35 bits per heavy atom. The zero-order valence-corrected chi connectivity index (χ0v) is 12.0. The van der Waals surface area contributed by atoms with Gasteiger partial charge in [-0.15, -0.1) is 0 Å². The van der Waals surface area contributed by atoms with Gasteiger partial charge in [0.05, 0.1) is 4.92 Å². The van der Waals surface area contributed by atoms with Crippen LogP contribution in [0.3, 0.4) is 0 Å². The van der Waals surface area contributed by atoms with Crippen molar-refractivity contribution < 1.29 is 4.92 Å². The second-order valence-electron chi connectivity index (χ2n) is 5.59. The van der Waals surface area contributed by atoms with Gasteiger partial charge in [0, 0.05) is 11.6 Å². The van der Waals surface area contributed by atoms with Crippen molar-refractivity contribution in [1.29, 1.82) is 0 Å². The molecule has 1 heterocycles. The molecule has 2 rings (SSSR count). The van der Waals surface area contributed by atoms with E-state index in [1.54, 1.807) is 12.1 Å². The van der Waals surface area contributed by atoms with Gasteiger partial charge in [-0.1, -0.05) is 18.2 Å². The van der Waals surface area contributed by atoms with E-state index >= 15 is 0 Å². The predicted molar refractivity (Wildman–Crippen MR) is 79.9 cm³/mol. The average Bonchev–Trinajstić information content (AvgIpc) is 2.46. The van der Waals surface area contributed by atoms with Gasteiger partial charge in [0.15, 0.2) is 0 Å². The largest absolute Gasteiger partial charge is 0.316 e. The number of hydrogen-bond donors (Lipinski definition) is 1. The summed E-state index contributed by atoms with van der Waals surface area (Å²) < 4.78 is 0. The summed E-state index contributed by atoms with van der Waals surface area (Å²) in [5.41, 5.74) is 1.04. The number of nitrogens with zero attached hydrogens (tertiary/aromatic N) is 2. The summed E-state index contributed by atoms with van der Waals surface area (Å²) in [6.07, 6.45) is 3.20. The van der Waals surface area contributed by atoms with E-state index in [4.69, 9.17) is 0 Å². The molecule has 0 bridgehead atoms. The van der Waals surface area contributed by atoms with Crippen LogP contribution in [0.5, 0.6) is 0 Å². The van der Waals surface area contributed by atoms with Crippen molar-refractivity contribution in [2.24, 2.45) is 5.92 Å². The fourth-order valence-electron chi connectivity index (χ4n) is 2.70. The molecule has 1 saturated heterocycles. The first kappa shape index (κ1) is 14.9. The maximum Gasteiger partial charge on any atom is 0.272 e. The van der Waals surface area contributed by atoms with Crippen LogP contribution < -0.4 is 5.32 Å². The van der Waals surface area contributed by atoms with E-state index in [9.17, 15) is 10.1 Å². The quantitative estimate of drug-likeness (QED) is 0.491. The van der Waals surface area contributed by atoms with Gasteiger partial charge in [0.1, 0.15) is 0 Å². The van der Waals surface area contributed by atoms with Crippen molar-refractivity contribution in [2.75, 3.05) is 33.2 Å². The van der Waals surface area contributed by atoms with E-state index in [0.717, 1.165) is 24.6 Å². The van der Waals surface area contributed by atoms with Crippen LogP contribution >= 0.6 is 0 Å². The third-order valence-electron chi connectivity index (χ3n) is 4.03. The number of piperidine rings is 1. The summed E-state index contributed by atoms with van der Waals surface area (Å²) in [5, 5.41) is 14.4. The Kier molecular flexibility index (Phi) is 5.49. The van der Waals surface area contributed by atoms with Crippen LogP contribution in [0.25, 0.3) is 0 Å². The Balaban J connectivity index is 1.72. The summed E-state index contributed by atoms with van der Waals surface area (Å²) in [5.74, 6) is 0.747. The molecule has 1 fully saturated rings. The molecule has 0 radical (unpaired) electrons. The zero-order valence-electron chi connectivity index (χ0n) is 12.0. The number of rotatable bonds is 6. The molecule has 0 atom stereocenters. The second-order valence-corrected chi connectivity index (χ2v) is 5.59. The van der Waals surface area contributed by atoms with Gasteiger partial charge in [0.2, 0.25) is 0 Å². The van der Waals surface area contributed by atoms with Gasteiger partial charge < -0.3 is 10.2 Å². The first-order valence-electron chi connectivity index (χ1n) is 7.28. The molecule has 1 aliphatic rings. The van der Waals surface area contributed by atoms with E-state index in [1.807, 2.05) is 12.1 Å². The minimum atomic E-state index is -0.299. The molecular weight excluding hydrogens is 254 g/mol. The normalized spacial score (nSPS) is 17.2. The van der Waals surface area contributed by atoms with Crippen molar-refractivity contribution in [3.8, 4) is 0 Å². The first-order valence-corrected chi connectivity index (χ1v) is 7.28. The molecule has 110 valence electrons. The fourth-order valence-corrected chi connectivity index (χ4v) is 2.70. The molecule has 1 aromatic rings. The maximum atomic E-state index is 10.9. The molecule has 0 saturated carbocycles. The van der Waals surface area contributed by atoms with Crippen molar-refractivity contribution >= 4 is 5.69 Å². The lowest BCUT2D eigenvalue weighted by Crippen LogP contribution is -2.35. The van der Waals surface area contributed by atoms with Crippen LogP contribution in [0, 0.1) is 16.0 Å². The van der Waals surface area contributed by atoms with Crippen LogP contribution in [-0.2, 0) is 6.42 Å². The number of nitrogens with one attached hydrogen (secondary N) is 1. The lowest BCUT2D eigenvalue weighted by molar-refractivity contribution is -0.385. The van der Waals surface area contributed by atoms with Crippen molar-refractivity contribution in [2.45, 2.75) is 19.3 Å². The SMILES string of the molecule is CN1CCC(CNCCc2ccccc2[N+](=O)[O-])CC1. The van der Waals surface area contributed by atoms with Gasteiger partial charge >= 0.3 is 0 Å². The molecule has 1 aliphatic heterocycles. The van der Waals surface area contributed by atoms with Gasteiger partial charge in [-0.2, -0.15) is 0 Å². The monoisotopic (exact) mass is 277 g/mol. The average molecular weight is 277 g/mol. The Labute approximate surface area is 120 Å². The summed E-state index contributed by atoms with van der Waals surface area (Å²) in [6, 6.07) is 6.99. The predicted octanol–water partition coefficient (Wildman–Crippen LogP) is 2.07. The minimum Gasteiger partial charge on any atom is -0.316 e. The van der Waals surface area contributed by atoms with Gasteiger partial charge in [0.25, 0.3) is 5.69 Å². The second kappa shape index (κ2) is 7.36. The first-order chi connectivity index (χ1) is 9.66. The topological polar surface area (TPSA) is 58.4 Å². The summed E-state index contributed by atoms with van der Waals surface area (Å²) in [7, 11) is 2.16. The Morgan fingerprint density at radius 3 is 2.75 bits per heavy atom. The Bertz CT molecular complexity index is 442. The molecule has 0 spiro atoms. The van der Waals surface area contributed by atoms with Crippen LogP contribution in [0.4, 0.5) is 5.69 Å². The molecule has 0 aliphatic carbocycles. The Hall–Kier alpha value is -1.46. The minimum absolute atomic E-state index is 0.230. The van der Waals surface area contributed by atoms with E-state index < -0.39 is 0 Å². The highest BCUT2D eigenvalue weighted by molar-refractivity contribution is 5.39. The van der Waals surface area contributed by atoms with Crippen LogP contribution in [0.1, 0.15) is 18.4 Å². The molecule has 0 unspecified atom stereocenters. The molecular formula is C15H23N3O2. The van der Waals surface area contributed by atoms with Crippen LogP contribution in [0.15, 0.2) is 24.3 Å². The van der Waals surface area contributed by atoms with Gasteiger partial charge in [-0.05, 0) is 58.4 Å². The van der Waals surface area contributed by atoms with Crippen molar-refractivity contribution in [3.05, 3.63) is 39.9 Å². The molecule has 5 heteroatoms. The molecule has 0 aromatic heterocycles. The standard InChI is InChI=1S/C15H23N3O2/c1-17-10-7-13(8-11-17)12-16-9-6-14-4-2-3-5-15(14)18(19)20/h2-5,13,16H,6-12H2,1H3. The van der Waals surface area contributed by atoms with E-state index in [1.165, 1.54) is 25.9 Å². The van der Waals surface area contributed by atoms with Crippen molar-refractivity contribution in [1.82, 2.24) is 10.2 Å². The third-order valence-corrected chi connectivity index (χ3v) is 4.03. The number of nitro groups is 1. The maximum absolute atomic E-state index is 10.9. The summed E-state index contributed by atoms with van der Waals surface area (Å²) in [6.45, 7) is 4.18. The highest BCUT2D eigenvalue weighted by atomic mass is 16.6. The molecule has 1 aromatic carbocycles. The number of para-hydroxylation sites is 1. The molecule has 20 heavy (non-hydrogen) atoms. The zero-order chi connectivity index (χ0) is 14.4. The molecule has 5 nitrogen and oxygen atoms in total. The molecule has 0 amide bonds. The van der Waals surface area contributed by atoms with Crippen LogP contribution in [-0.4, -0.2) is 43.0 Å². The van der Waals surface area contributed by atoms with E-state index in [2.05, 4.69) is 17.3 Å². The van der Waals surface area contributed by atoms with Crippen LogP contribution in [0.2, 0.25) is 0 Å². The van der Waals surface area contributed by atoms with Gasteiger partial charge in [-0.3, -0.25) is 10.1 Å². The van der Waals surface area contributed by atoms with E-state index in [-0.39, 0.29) is 10.6 Å². The summed E-state index contributed by atoms with van der Waals surface area (Å²) in [4.78, 5) is 13.0. The molecule has 1 N–H and O–H groups in total. The lowest BCUT2D eigenvalue weighted by Gasteiger charge is -2.29. The highest BCUT2D eigenvalue weighted by Gasteiger charge is 2.16. The van der Waals surface area contributed by atoms with Gasteiger partial charge in [-0.25, -0.2) is 0 Å². The van der Waals surface area contributed by atoms with E-state index in [0.29, 0.717) is 6.42 Å². The smallest absolute Gasteiger partial charge is 0.272 e. The number of likely N-dealkylation sites (tertiary alicyclic amines) is 1. The highest BCUT2D eigenvalue weighted by Crippen LogP contribution is 2.18. The van der Waals surface area contributed by atoms with Crippen molar-refractivity contribution in [3.63, 3.8) is 0 Å². The number of benzene rings is 1. The lowest BCUT2D eigenvalue weighted by atomic mass is 9.97.